The molecule has 1 amide bonds. The number of rotatable bonds is 6. The van der Waals surface area contributed by atoms with Gasteiger partial charge in [-0.15, -0.1) is 11.8 Å². The number of nitro benzene ring substituents is 1. The van der Waals surface area contributed by atoms with Gasteiger partial charge in [-0.1, -0.05) is 24.3 Å². The number of carbonyl (C=O) groups is 1. The van der Waals surface area contributed by atoms with Crippen LogP contribution in [0.4, 0.5) is 11.4 Å². The van der Waals surface area contributed by atoms with Crippen LogP contribution in [0.15, 0.2) is 42.5 Å². The van der Waals surface area contributed by atoms with E-state index in [1.54, 1.807) is 12.1 Å². The van der Waals surface area contributed by atoms with Gasteiger partial charge in [0.2, 0.25) is 5.91 Å². The Kier molecular flexibility index (Phi) is 5.98. The molecule has 0 heterocycles. The third-order valence-electron chi connectivity index (χ3n) is 3.89. The second-order valence-electron chi connectivity index (χ2n) is 5.60. The first-order valence-corrected chi connectivity index (χ1v) is 8.65. The minimum Gasteiger partial charge on any atom is -0.325 e. The quantitative estimate of drug-likeness (QED) is 0.612. The fourth-order valence-corrected chi connectivity index (χ4v) is 3.07. The van der Waals surface area contributed by atoms with Gasteiger partial charge in [0, 0.05) is 23.1 Å². The summed E-state index contributed by atoms with van der Waals surface area (Å²) in [4.78, 5) is 22.6. The average molecular weight is 344 g/mol. The number of carbonyl (C=O) groups excluding carboxylic acids is 1. The van der Waals surface area contributed by atoms with Crippen molar-refractivity contribution < 1.29 is 9.72 Å². The lowest BCUT2D eigenvalue weighted by atomic mass is 10.1. The van der Waals surface area contributed by atoms with Crippen LogP contribution in [0.2, 0.25) is 0 Å². The lowest BCUT2D eigenvalue weighted by molar-refractivity contribution is -0.384. The van der Waals surface area contributed by atoms with Gasteiger partial charge in [0.25, 0.3) is 5.69 Å². The fourth-order valence-electron chi connectivity index (χ4n) is 2.26. The summed E-state index contributed by atoms with van der Waals surface area (Å²) in [7, 11) is 0. The topological polar surface area (TPSA) is 72.2 Å². The third kappa shape index (κ3) is 4.58. The number of nitrogens with one attached hydrogen (secondary N) is 1. The Labute approximate surface area is 145 Å². The van der Waals surface area contributed by atoms with Crippen LogP contribution in [0, 0.1) is 24.0 Å². The van der Waals surface area contributed by atoms with Crippen molar-refractivity contribution in [2.45, 2.75) is 26.0 Å². The van der Waals surface area contributed by atoms with Gasteiger partial charge in [0.15, 0.2) is 0 Å². The minimum atomic E-state index is -0.409. The van der Waals surface area contributed by atoms with Crippen LogP contribution in [-0.2, 0) is 4.79 Å². The van der Waals surface area contributed by atoms with Gasteiger partial charge < -0.3 is 5.32 Å². The van der Waals surface area contributed by atoms with Gasteiger partial charge in [0.1, 0.15) is 0 Å². The molecule has 2 aromatic rings. The number of non-ortho nitro benzene ring substituents is 1. The molecule has 0 aliphatic heterocycles. The molecule has 2 rings (SSSR count). The van der Waals surface area contributed by atoms with Gasteiger partial charge >= 0.3 is 0 Å². The highest BCUT2D eigenvalue weighted by atomic mass is 32.2. The lowest BCUT2D eigenvalue weighted by Gasteiger charge is -2.13. The molecule has 1 N–H and O–H groups in total. The molecule has 0 unspecified atom stereocenters. The highest BCUT2D eigenvalue weighted by Gasteiger charge is 2.13. The number of hydrogen-bond donors (Lipinski definition) is 1. The second kappa shape index (κ2) is 7.97. The van der Waals surface area contributed by atoms with Crippen LogP contribution in [0.3, 0.4) is 0 Å². The zero-order valence-corrected chi connectivity index (χ0v) is 14.7. The molecule has 0 bridgehead atoms. The molecule has 2 aromatic carbocycles. The fraction of sp³-hybridized carbons (Fsp3) is 0.278. The first-order valence-electron chi connectivity index (χ1n) is 7.60. The van der Waals surface area contributed by atoms with E-state index in [1.807, 2.05) is 45.0 Å². The van der Waals surface area contributed by atoms with Gasteiger partial charge in [-0.05, 0) is 43.5 Å². The SMILES string of the molecule is Cc1cccc(NC(=O)CS[C@@H](C)c2cccc([N+](=O)[O-])c2)c1C. The maximum absolute atomic E-state index is 12.1. The van der Waals surface area contributed by atoms with E-state index in [0.717, 1.165) is 22.4 Å². The Morgan fingerprint density at radius 3 is 2.67 bits per heavy atom. The predicted molar refractivity (Wildman–Crippen MR) is 98.5 cm³/mol. The van der Waals surface area contributed by atoms with Gasteiger partial charge in [0.05, 0.1) is 10.7 Å². The highest BCUT2D eigenvalue weighted by molar-refractivity contribution is 8.00. The summed E-state index contributed by atoms with van der Waals surface area (Å²) >= 11 is 1.45. The van der Waals surface area contributed by atoms with Crippen molar-refractivity contribution in [2.24, 2.45) is 0 Å². The minimum absolute atomic E-state index is 0.00532. The number of nitro groups is 1. The number of aryl methyl sites for hydroxylation is 1. The molecule has 126 valence electrons. The van der Waals surface area contributed by atoms with Crippen molar-refractivity contribution in [1.29, 1.82) is 0 Å². The van der Waals surface area contributed by atoms with Gasteiger partial charge in [-0.3, -0.25) is 14.9 Å². The van der Waals surface area contributed by atoms with E-state index < -0.39 is 4.92 Å². The molecule has 0 saturated heterocycles. The molecular formula is C18H20N2O3S. The predicted octanol–water partition coefficient (Wildman–Crippen LogP) is 4.64. The molecule has 0 spiro atoms. The van der Waals surface area contributed by atoms with Crippen LogP contribution < -0.4 is 5.32 Å². The second-order valence-corrected chi connectivity index (χ2v) is 6.93. The van der Waals surface area contributed by atoms with E-state index in [0.29, 0.717) is 0 Å². The van der Waals surface area contributed by atoms with E-state index in [4.69, 9.17) is 0 Å². The number of hydrogen-bond acceptors (Lipinski definition) is 4. The number of thioether (sulfide) groups is 1. The summed E-state index contributed by atoms with van der Waals surface area (Å²) < 4.78 is 0. The summed E-state index contributed by atoms with van der Waals surface area (Å²) in [6.45, 7) is 5.92. The average Bonchev–Trinajstić information content (AvgIpc) is 2.57. The number of nitrogens with zero attached hydrogens (tertiary/aromatic N) is 1. The summed E-state index contributed by atoms with van der Waals surface area (Å²) in [5.74, 6) is 0.211. The van der Waals surface area contributed by atoms with E-state index in [2.05, 4.69) is 5.32 Å². The normalized spacial score (nSPS) is 11.8. The maximum atomic E-state index is 12.1. The highest BCUT2D eigenvalue weighted by Crippen LogP contribution is 2.30. The summed E-state index contributed by atoms with van der Waals surface area (Å²) in [5.41, 5.74) is 3.92. The van der Waals surface area contributed by atoms with E-state index in [1.165, 1.54) is 17.8 Å². The smallest absolute Gasteiger partial charge is 0.269 e. The van der Waals surface area contributed by atoms with Crippen LogP contribution in [0.25, 0.3) is 0 Å². The van der Waals surface area contributed by atoms with Gasteiger partial charge in [-0.2, -0.15) is 0 Å². The Morgan fingerprint density at radius 1 is 1.25 bits per heavy atom. The summed E-state index contributed by atoms with van der Waals surface area (Å²) in [5, 5.41) is 13.8. The Hall–Kier alpha value is -2.34. The van der Waals surface area contributed by atoms with Crippen molar-refractivity contribution >= 4 is 29.0 Å². The Morgan fingerprint density at radius 2 is 1.96 bits per heavy atom. The molecule has 24 heavy (non-hydrogen) atoms. The molecule has 6 heteroatoms. The summed E-state index contributed by atoms with van der Waals surface area (Å²) in [6, 6.07) is 12.3. The lowest BCUT2D eigenvalue weighted by Crippen LogP contribution is -2.15. The molecule has 5 nitrogen and oxygen atoms in total. The maximum Gasteiger partial charge on any atom is 0.269 e. The first-order chi connectivity index (χ1) is 11.4. The number of benzene rings is 2. The van der Waals surface area contributed by atoms with Crippen LogP contribution in [0.1, 0.15) is 28.9 Å². The zero-order valence-electron chi connectivity index (χ0n) is 13.9. The molecule has 0 aliphatic carbocycles. The molecule has 0 radical (unpaired) electrons. The van der Waals surface area contributed by atoms with E-state index in [9.17, 15) is 14.9 Å². The third-order valence-corrected chi connectivity index (χ3v) is 5.09. The number of anilines is 1. The summed E-state index contributed by atoms with van der Waals surface area (Å²) in [6.07, 6.45) is 0. The van der Waals surface area contributed by atoms with E-state index in [-0.39, 0.29) is 22.6 Å². The molecular weight excluding hydrogens is 324 g/mol. The molecule has 0 aliphatic rings. The Balaban J connectivity index is 1.95. The van der Waals surface area contributed by atoms with Crippen molar-refractivity contribution in [2.75, 3.05) is 11.1 Å². The largest absolute Gasteiger partial charge is 0.325 e. The monoisotopic (exact) mass is 344 g/mol. The van der Waals surface area contributed by atoms with Crippen LogP contribution in [-0.4, -0.2) is 16.6 Å². The molecule has 0 aromatic heterocycles. The molecule has 1 atom stereocenters. The first kappa shape index (κ1) is 18.0. The van der Waals surface area contributed by atoms with Crippen molar-refractivity contribution in [3.8, 4) is 0 Å². The zero-order chi connectivity index (χ0) is 17.7. The standard InChI is InChI=1S/C18H20N2O3S/c1-12-6-4-9-17(13(12)2)19-18(21)11-24-14(3)15-7-5-8-16(10-15)20(22)23/h4-10,14H,11H2,1-3H3,(H,19,21)/t14-/m0/s1. The van der Waals surface area contributed by atoms with Crippen molar-refractivity contribution in [3.63, 3.8) is 0 Å². The van der Waals surface area contributed by atoms with Gasteiger partial charge in [-0.25, -0.2) is 0 Å². The van der Waals surface area contributed by atoms with Crippen molar-refractivity contribution in [1.82, 2.24) is 0 Å². The molecule has 0 fully saturated rings. The van der Waals surface area contributed by atoms with Crippen LogP contribution >= 0.6 is 11.8 Å². The number of amides is 1. The molecule has 0 saturated carbocycles. The van der Waals surface area contributed by atoms with Crippen molar-refractivity contribution in [3.05, 3.63) is 69.3 Å². The van der Waals surface area contributed by atoms with Crippen LogP contribution in [0.5, 0.6) is 0 Å². The van der Waals surface area contributed by atoms with E-state index >= 15 is 0 Å². The Bertz CT molecular complexity index is 762.